The number of aliphatic carboxylic acids is 1. The third kappa shape index (κ3) is 2.26. The van der Waals surface area contributed by atoms with Gasteiger partial charge >= 0.3 is 5.97 Å². The van der Waals surface area contributed by atoms with Crippen molar-refractivity contribution >= 4 is 5.97 Å². The third-order valence-electron chi connectivity index (χ3n) is 3.27. The van der Waals surface area contributed by atoms with Gasteiger partial charge in [0.1, 0.15) is 5.75 Å². The van der Waals surface area contributed by atoms with Crippen LogP contribution in [-0.4, -0.2) is 23.3 Å². The highest BCUT2D eigenvalue weighted by molar-refractivity contribution is 5.72. The lowest BCUT2D eigenvalue weighted by Crippen LogP contribution is -2.13. The Labute approximate surface area is 99.8 Å². The van der Waals surface area contributed by atoms with E-state index in [4.69, 9.17) is 9.84 Å². The van der Waals surface area contributed by atoms with Crippen molar-refractivity contribution in [2.45, 2.75) is 31.8 Å². The van der Waals surface area contributed by atoms with Gasteiger partial charge in [-0.25, -0.2) is 0 Å². The second-order valence-corrected chi connectivity index (χ2v) is 4.33. The third-order valence-corrected chi connectivity index (χ3v) is 3.27. The van der Waals surface area contributed by atoms with Crippen molar-refractivity contribution in [2.75, 3.05) is 7.11 Å². The predicted molar refractivity (Wildman–Crippen MR) is 62.1 cm³/mol. The number of carboxylic acid groups (broad SMARTS) is 1. The van der Waals surface area contributed by atoms with E-state index < -0.39 is 5.97 Å². The smallest absolute Gasteiger partial charge is 0.307 e. The van der Waals surface area contributed by atoms with Crippen LogP contribution in [0.5, 0.6) is 5.75 Å². The molecule has 17 heavy (non-hydrogen) atoms. The number of methoxy groups -OCH3 is 1. The molecule has 1 aromatic rings. The highest BCUT2D eigenvalue weighted by Crippen LogP contribution is 2.38. The van der Waals surface area contributed by atoms with E-state index in [2.05, 4.69) is 0 Å². The Morgan fingerprint density at radius 1 is 1.53 bits per heavy atom. The molecular weight excluding hydrogens is 220 g/mol. The van der Waals surface area contributed by atoms with Crippen molar-refractivity contribution in [2.24, 2.45) is 0 Å². The van der Waals surface area contributed by atoms with Gasteiger partial charge in [-0.1, -0.05) is 12.1 Å². The van der Waals surface area contributed by atoms with Crippen LogP contribution in [0.1, 0.15) is 35.6 Å². The molecule has 1 atom stereocenters. The summed E-state index contributed by atoms with van der Waals surface area (Å²) in [7, 11) is 1.65. The van der Waals surface area contributed by atoms with E-state index in [9.17, 15) is 9.90 Å². The van der Waals surface area contributed by atoms with Gasteiger partial charge in [0, 0.05) is 12.7 Å². The summed E-state index contributed by atoms with van der Waals surface area (Å²) < 4.78 is 5.37. The average molecular weight is 236 g/mol. The number of hydrogen-bond donors (Lipinski definition) is 2. The second kappa shape index (κ2) is 4.75. The van der Waals surface area contributed by atoms with Gasteiger partial charge in [-0.2, -0.15) is 0 Å². The molecule has 4 nitrogen and oxygen atoms in total. The number of aromatic hydroxyl groups is 1. The molecule has 0 heterocycles. The molecule has 1 unspecified atom stereocenters. The minimum atomic E-state index is -0.931. The normalized spacial score (nSPS) is 18.8. The zero-order chi connectivity index (χ0) is 12.4. The van der Waals surface area contributed by atoms with Crippen molar-refractivity contribution in [3.05, 3.63) is 28.8 Å². The molecule has 0 bridgehead atoms. The molecule has 0 saturated carbocycles. The molecule has 0 saturated heterocycles. The van der Waals surface area contributed by atoms with Crippen LogP contribution < -0.4 is 0 Å². The van der Waals surface area contributed by atoms with E-state index in [1.54, 1.807) is 13.2 Å². The van der Waals surface area contributed by atoms with E-state index in [1.807, 2.05) is 6.07 Å². The zero-order valence-corrected chi connectivity index (χ0v) is 9.77. The molecular formula is C13H16O4. The summed E-state index contributed by atoms with van der Waals surface area (Å²) in [6.07, 6.45) is 2.56. The number of hydrogen-bond acceptors (Lipinski definition) is 3. The Hall–Kier alpha value is -1.55. The molecule has 1 aliphatic carbocycles. The Balaban J connectivity index is 2.41. The van der Waals surface area contributed by atoms with Gasteiger partial charge in [0.25, 0.3) is 0 Å². The molecule has 92 valence electrons. The summed E-state index contributed by atoms with van der Waals surface area (Å²) in [6, 6.07) is 3.56. The average Bonchev–Trinajstić information content (AvgIpc) is 2.31. The first kappa shape index (κ1) is 11.9. The fraction of sp³-hybridized carbons (Fsp3) is 0.462. The lowest BCUT2D eigenvalue weighted by Gasteiger charge is -2.25. The summed E-state index contributed by atoms with van der Waals surface area (Å²) in [5.74, 6) is -0.800. The first-order valence-electron chi connectivity index (χ1n) is 5.71. The highest BCUT2D eigenvalue weighted by Gasteiger charge is 2.24. The predicted octanol–water partition coefficient (Wildman–Crippen LogP) is 2.04. The first-order chi connectivity index (χ1) is 8.13. The Kier molecular flexibility index (Phi) is 3.33. The van der Waals surface area contributed by atoms with Gasteiger partial charge in [0.15, 0.2) is 0 Å². The summed E-state index contributed by atoms with van der Waals surface area (Å²) in [5, 5.41) is 18.8. The van der Waals surface area contributed by atoms with Crippen molar-refractivity contribution in [1.29, 1.82) is 0 Å². The number of carboxylic acids is 1. The number of phenolic OH excluding ortho intramolecular Hbond substituents is 1. The van der Waals surface area contributed by atoms with Crippen LogP contribution in [0.15, 0.2) is 12.1 Å². The lowest BCUT2D eigenvalue weighted by atomic mass is 9.87. The van der Waals surface area contributed by atoms with E-state index in [-0.39, 0.29) is 18.3 Å². The fourth-order valence-electron chi connectivity index (χ4n) is 2.43. The highest BCUT2D eigenvalue weighted by atomic mass is 16.5. The van der Waals surface area contributed by atoms with Crippen molar-refractivity contribution in [3.63, 3.8) is 0 Å². The maximum atomic E-state index is 10.7. The number of ether oxygens (including phenoxy) is 1. The molecule has 2 rings (SSSR count). The summed E-state index contributed by atoms with van der Waals surface area (Å²) in [4.78, 5) is 10.7. The number of fused-ring (bicyclic) bond motifs is 1. The molecule has 0 spiro atoms. The number of benzene rings is 1. The topological polar surface area (TPSA) is 66.8 Å². The van der Waals surface area contributed by atoms with Crippen LogP contribution in [-0.2, 0) is 22.4 Å². The minimum Gasteiger partial charge on any atom is -0.507 e. The summed E-state index contributed by atoms with van der Waals surface area (Å²) in [6.45, 7) is 0. The molecule has 0 radical (unpaired) electrons. The number of carbonyl (C=O) groups is 1. The van der Waals surface area contributed by atoms with Crippen LogP contribution in [0.3, 0.4) is 0 Å². The molecule has 0 amide bonds. The Bertz CT molecular complexity index is 439. The maximum absolute atomic E-state index is 10.7. The molecule has 1 aromatic carbocycles. The van der Waals surface area contributed by atoms with Gasteiger partial charge < -0.3 is 14.9 Å². The molecule has 0 aromatic heterocycles. The van der Waals surface area contributed by atoms with Crippen molar-refractivity contribution < 1.29 is 19.7 Å². The minimum absolute atomic E-state index is 0.0172. The fourth-order valence-corrected chi connectivity index (χ4v) is 2.43. The van der Waals surface area contributed by atoms with E-state index in [1.165, 1.54) is 0 Å². The van der Waals surface area contributed by atoms with Gasteiger partial charge in [0.2, 0.25) is 0 Å². The van der Waals surface area contributed by atoms with Crippen LogP contribution in [0.25, 0.3) is 0 Å². The lowest BCUT2D eigenvalue weighted by molar-refractivity contribution is -0.136. The number of phenols is 1. The zero-order valence-electron chi connectivity index (χ0n) is 9.77. The quantitative estimate of drug-likeness (QED) is 0.842. The van der Waals surface area contributed by atoms with Gasteiger partial charge in [-0.3, -0.25) is 4.79 Å². The van der Waals surface area contributed by atoms with Crippen LogP contribution in [0.2, 0.25) is 0 Å². The standard InChI is InChI=1S/C13H16O4/c1-17-11-4-2-3-10-9(11)6-5-8(13(10)16)7-12(14)15/h5-6,11,16H,2-4,7H2,1H3,(H,14,15). The van der Waals surface area contributed by atoms with Crippen LogP contribution in [0.4, 0.5) is 0 Å². The number of rotatable bonds is 3. The van der Waals surface area contributed by atoms with Crippen LogP contribution in [0, 0.1) is 0 Å². The van der Waals surface area contributed by atoms with Crippen molar-refractivity contribution in [3.8, 4) is 5.75 Å². The maximum Gasteiger partial charge on any atom is 0.307 e. The Morgan fingerprint density at radius 3 is 2.94 bits per heavy atom. The van der Waals surface area contributed by atoms with Gasteiger partial charge in [0.05, 0.1) is 12.5 Å². The van der Waals surface area contributed by atoms with E-state index in [0.717, 1.165) is 30.4 Å². The summed E-state index contributed by atoms with van der Waals surface area (Å²) in [5.41, 5.74) is 2.32. The molecule has 1 aliphatic rings. The Morgan fingerprint density at radius 2 is 2.29 bits per heavy atom. The monoisotopic (exact) mass is 236 g/mol. The largest absolute Gasteiger partial charge is 0.507 e. The molecule has 0 aliphatic heterocycles. The van der Waals surface area contributed by atoms with E-state index >= 15 is 0 Å². The van der Waals surface area contributed by atoms with Crippen LogP contribution >= 0.6 is 0 Å². The van der Waals surface area contributed by atoms with Gasteiger partial charge in [-0.05, 0) is 30.4 Å². The second-order valence-electron chi connectivity index (χ2n) is 4.33. The summed E-state index contributed by atoms with van der Waals surface area (Å²) >= 11 is 0. The van der Waals surface area contributed by atoms with E-state index in [0.29, 0.717) is 5.56 Å². The molecule has 4 heteroatoms. The van der Waals surface area contributed by atoms with Crippen molar-refractivity contribution in [1.82, 2.24) is 0 Å². The molecule has 2 N–H and O–H groups in total. The first-order valence-corrected chi connectivity index (χ1v) is 5.71. The molecule has 0 fully saturated rings. The SMILES string of the molecule is COC1CCCc2c1ccc(CC(=O)O)c2O. The van der Waals surface area contributed by atoms with Gasteiger partial charge in [-0.15, -0.1) is 0 Å².